The largest absolute Gasteiger partial charge is 0.505 e. The zero-order valence-corrected chi connectivity index (χ0v) is 20.8. The van der Waals surface area contributed by atoms with Crippen LogP contribution in [0.3, 0.4) is 0 Å². The summed E-state index contributed by atoms with van der Waals surface area (Å²) in [4.78, 5) is 9.91. The monoisotopic (exact) mass is 566 g/mol. The number of nitrogens with one attached hydrogen (secondary N) is 1. The van der Waals surface area contributed by atoms with Gasteiger partial charge in [0.2, 0.25) is 11.2 Å². The molecular formula is C20H15ClN6O8S2. The van der Waals surface area contributed by atoms with E-state index in [9.17, 15) is 31.0 Å². The molecule has 0 saturated carbocycles. The predicted octanol–water partition coefficient (Wildman–Crippen LogP) is 4.04. The van der Waals surface area contributed by atoms with Crippen LogP contribution in [0.4, 0.5) is 23.0 Å². The highest BCUT2D eigenvalue weighted by molar-refractivity contribution is 7.86. The van der Waals surface area contributed by atoms with E-state index in [-0.39, 0.29) is 33.7 Å². The molecule has 37 heavy (non-hydrogen) atoms. The van der Waals surface area contributed by atoms with Crippen LogP contribution in [-0.4, -0.2) is 53.1 Å². The van der Waals surface area contributed by atoms with Crippen LogP contribution < -0.4 is 10.1 Å². The average Bonchev–Trinajstić information content (AvgIpc) is 2.82. The molecule has 0 fully saturated rings. The van der Waals surface area contributed by atoms with Gasteiger partial charge in [0.1, 0.15) is 10.6 Å². The van der Waals surface area contributed by atoms with Gasteiger partial charge in [0, 0.05) is 5.39 Å². The number of hydrogen-bond acceptors (Lipinski definition) is 12. The highest BCUT2D eigenvalue weighted by Crippen LogP contribution is 2.45. The fourth-order valence-electron chi connectivity index (χ4n) is 3.20. The van der Waals surface area contributed by atoms with Crippen molar-refractivity contribution in [3.05, 3.63) is 53.8 Å². The molecule has 4 N–H and O–H groups in total. The number of hydrogen-bond donors (Lipinski definition) is 4. The van der Waals surface area contributed by atoms with Crippen LogP contribution in [-0.2, 0) is 20.2 Å². The van der Waals surface area contributed by atoms with Gasteiger partial charge in [0.15, 0.2) is 5.75 Å². The molecule has 14 nitrogen and oxygen atoms in total. The summed E-state index contributed by atoms with van der Waals surface area (Å²) in [5, 5.41) is 20.7. The van der Waals surface area contributed by atoms with Crippen molar-refractivity contribution < 1.29 is 35.8 Å². The van der Waals surface area contributed by atoms with Gasteiger partial charge in [-0.15, -0.1) is 5.11 Å². The molecule has 0 unspecified atom stereocenters. The first kappa shape index (κ1) is 26.1. The Morgan fingerprint density at radius 2 is 1.65 bits per heavy atom. The Bertz CT molecular complexity index is 1770. The molecule has 0 spiro atoms. The van der Waals surface area contributed by atoms with Crippen LogP contribution in [0.5, 0.6) is 11.8 Å². The van der Waals surface area contributed by atoms with Gasteiger partial charge >= 0.3 is 6.01 Å². The Morgan fingerprint density at radius 3 is 2.27 bits per heavy atom. The lowest BCUT2D eigenvalue weighted by molar-refractivity contribution is 0.379. The number of anilines is 2. The molecule has 0 amide bonds. The van der Waals surface area contributed by atoms with Crippen LogP contribution in [0.25, 0.3) is 10.8 Å². The lowest BCUT2D eigenvalue weighted by Gasteiger charge is -2.15. The Balaban J connectivity index is 2.04. The molecular weight excluding hydrogens is 552 g/mol. The number of ether oxygens (including phenoxy) is 1. The van der Waals surface area contributed by atoms with Crippen LogP contribution in [0, 0.1) is 0 Å². The van der Waals surface area contributed by atoms with Gasteiger partial charge in [-0.3, -0.25) is 9.11 Å². The molecule has 0 aliphatic heterocycles. The molecule has 3 aromatic carbocycles. The molecule has 0 aliphatic rings. The molecule has 4 aromatic rings. The molecule has 192 valence electrons. The highest BCUT2D eigenvalue weighted by atomic mass is 35.5. The Kier molecular flexibility index (Phi) is 6.94. The zero-order chi connectivity index (χ0) is 27.0. The van der Waals surface area contributed by atoms with Gasteiger partial charge in [0.25, 0.3) is 20.2 Å². The van der Waals surface area contributed by atoms with E-state index >= 15 is 0 Å². The first-order valence-corrected chi connectivity index (χ1v) is 13.1. The molecule has 1 heterocycles. The molecule has 4 rings (SSSR count). The number of aromatic hydroxyl groups is 1. The summed E-state index contributed by atoms with van der Waals surface area (Å²) in [7, 11) is -8.57. The molecule has 0 atom stereocenters. The minimum Gasteiger partial charge on any atom is -0.505 e. The quantitative estimate of drug-likeness (QED) is 0.184. The summed E-state index contributed by atoms with van der Waals surface area (Å²) >= 11 is 5.85. The molecule has 0 radical (unpaired) electrons. The van der Waals surface area contributed by atoms with E-state index in [1.165, 1.54) is 7.11 Å². The van der Waals surface area contributed by atoms with Gasteiger partial charge in [0.05, 0.1) is 23.4 Å². The number of benzene rings is 3. The summed E-state index contributed by atoms with van der Waals surface area (Å²) in [5.41, 5.74) is -0.562. The van der Waals surface area contributed by atoms with Gasteiger partial charge in [-0.2, -0.15) is 36.9 Å². The maximum atomic E-state index is 12.1. The van der Waals surface area contributed by atoms with Gasteiger partial charge < -0.3 is 15.2 Å². The third kappa shape index (κ3) is 5.73. The summed E-state index contributed by atoms with van der Waals surface area (Å²) < 4.78 is 72.4. The standard InChI is InChI=1S/C20H15ClN6O8S2/c1-35-20-24-18(21)23-19(25-20)22-13-9-12(36(29,30)31)7-10-8-14(37(32,33)34)16(17(28)15(10)13)27-26-11-5-3-2-4-6-11/h2-9,28H,1H3,(H,29,30,31)(H,32,33,34)(H,22,23,24,25). The van der Waals surface area contributed by atoms with E-state index in [0.29, 0.717) is 5.69 Å². The summed E-state index contributed by atoms with van der Waals surface area (Å²) in [6, 6.07) is 10.6. The van der Waals surface area contributed by atoms with Crippen molar-refractivity contribution in [2.45, 2.75) is 9.79 Å². The van der Waals surface area contributed by atoms with Gasteiger partial charge in [-0.1, -0.05) is 18.2 Å². The zero-order valence-electron chi connectivity index (χ0n) is 18.4. The first-order valence-electron chi connectivity index (χ1n) is 9.85. The normalized spacial score (nSPS) is 12.2. The number of azo groups is 1. The Morgan fingerprint density at radius 1 is 0.946 bits per heavy atom. The summed E-state index contributed by atoms with van der Waals surface area (Å²) in [5.74, 6) is -1.06. The molecule has 0 saturated heterocycles. The topological polar surface area (TPSA) is 214 Å². The van der Waals surface area contributed by atoms with Crippen molar-refractivity contribution >= 4 is 65.6 Å². The molecule has 0 aliphatic carbocycles. The van der Waals surface area contributed by atoms with Crippen molar-refractivity contribution in [2.75, 3.05) is 12.4 Å². The number of phenolic OH excluding ortho intramolecular Hbond substituents is 1. The maximum absolute atomic E-state index is 12.1. The minimum absolute atomic E-state index is 0.183. The van der Waals surface area contributed by atoms with E-state index in [1.54, 1.807) is 30.3 Å². The van der Waals surface area contributed by atoms with E-state index in [1.807, 2.05) is 0 Å². The second kappa shape index (κ2) is 9.83. The van der Waals surface area contributed by atoms with Crippen molar-refractivity contribution in [1.29, 1.82) is 0 Å². The molecule has 1 aromatic heterocycles. The third-order valence-electron chi connectivity index (χ3n) is 4.74. The number of nitrogens with zero attached hydrogens (tertiary/aromatic N) is 5. The third-order valence-corrected chi connectivity index (χ3v) is 6.61. The number of methoxy groups -OCH3 is 1. The van der Waals surface area contributed by atoms with Gasteiger partial charge in [-0.25, -0.2) is 0 Å². The van der Waals surface area contributed by atoms with Crippen LogP contribution >= 0.6 is 11.6 Å². The second-order valence-electron chi connectivity index (χ2n) is 7.17. The van der Waals surface area contributed by atoms with E-state index in [0.717, 1.165) is 18.2 Å². The summed E-state index contributed by atoms with van der Waals surface area (Å²) in [6.45, 7) is 0. The van der Waals surface area contributed by atoms with E-state index in [2.05, 4.69) is 30.5 Å². The van der Waals surface area contributed by atoms with Crippen molar-refractivity contribution in [3.8, 4) is 11.8 Å². The van der Waals surface area contributed by atoms with Crippen LogP contribution in [0.2, 0.25) is 5.28 Å². The first-order chi connectivity index (χ1) is 17.4. The van der Waals surface area contributed by atoms with Crippen molar-refractivity contribution in [3.63, 3.8) is 0 Å². The lowest BCUT2D eigenvalue weighted by atomic mass is 10.1. The van der Waals surface area contributed by atoms with Crippen LogP contribution in [0.1, 0.15) is 0 Å². The minimum atomic E-state index is -5.00. The van der Waals surface area contributed by atoms with Gasteiger partial charge in [-0.05, 0) is 47.3 Å². The average molecular weight is 567 g/mol. The van der Waals surface area contributed by atoms with Crippen molar-refractivity contribution in [1.82, 2.24) is 15.0 Å². The summed E-state index contributed by atoms with van der Waals surface area (Å²) in [6.07, 6.45) is 0. The lowest BCUT2D eigenvalue weighted by Crippen LogP contribution is -2.05. The molecule has 17 heteroatoms. The fourth-order valence-corrected chi connectivity index (χ4v) is 4.56. The second-order valence-corrected chi connectivity index (χ2v) is 10.3. The molecule has 0 bridgehead atoms. The Labute approximate surface area is 214 Å². The smallest absolute Gasteiger partial charge is 0.322 e. The number of rotatable bonds is 7. The SMILES string of the molecule is COc1nc(Cl)nc(Nc2cc(S(=O)(=O)O)cc3cc(S(=O)(=O)O)c(N=Nc4ccccc4)c(O)c23)n1. The maximum Gasteiger partial charge on any atom is 0.322 e. The number of aromatic nitrogens is 3. The fraction of sp³-hybridized carbons (Fsp3) is 0.0500. The van der Waals surface area contributed by atoms with Crippen molar-refractivity contribution in [2.24, 2.45) is 10.2 Å². The highest BCUT2D eigenvalue weighted by Gasteiger charge is 2.26. The Hall–Kier alpha value is -3.96. The van der Waals surface area contributed by atoms with E-state index in [4.69, 9.17) is 16.3 Å². The van der Waals surface area contributed by atoms with E-state index < -0.39 is 41.5 Å². The number of halogens is 1. The number of fused-ring (bicyclic) bond motifs is 1. The van der Waals surface area contributed by atoms with Crippen LogP contribution in [0.15, 0.2) is 68.6 Å². The predicted molar refractivity (Wildman–Crippen MR) is 131 cm³/mol. The number of phenols is 1.